The topological polar surface area (TPSA) is 35.5 Å². The number of ether oxygens (including phenoxy) is 2. The van der Waals surface area contributed by atoms with Crippen molar-refractivity contribution in [1.82, 2.24) is 0 Å². The van der Waals surface area contributed by atoms with E-state index in [1.54, 1.807) is 0 Å². The van der Waals surface area contributed by atoms with E-state index in [9.17, 15) is 22.4 Å². The van der Waals surface area contributed by atoms with E-state index in [4.69, 9.17) is 9.47 Å². The molecule has 98 valence electrons. The van der Waals surface area contributed by atoms with Gasteiger partial charge in [-0.15, -0.1) is 0 Å². The standard InChI is InChI=1S/C11H8F4O3/c12-10(13)11(14,15)9(16)6-1-2-7-8(5-6)18-4-3-17-7/h1-2,5,10H,3-4H2. The number of fused-ring (bicyclic) bond motifs is 1. The van der Waals surface area contributed by atoms with Gasteiger partial charge in [-0.3, -0.25) is 4.79 Å². The highest BCUT2D eigenvalue weighted by Gasteiger charge is 2.49. The van der Waals surface area contributed by atoms with Crippen molar-refractivity contribution in [2.45, 2.75) is 12.3 Å². The Morgan fingerprint density at radius 1 is 1.17 bits per heavy atom. The van der Waals surface area contributed by atoms with Gasteiger partial charge in [-0.2, -0.15) is 8.78 Å². The smallest absolute Gasteiger partial charge is 0.368 e. The highest BCUT2D eigenvalue weighted by Crippen LogP contribution is 2.34. The maximum atomic E-state index is 12.9. The van der Waals surface area contributed by atoms with Gasteiger partial charge in [-0.25, -0.2) is 8.78 Å². The van der Waals surface area contributed by atoms with Gasteiger partial charge in [0.05, 0.1) is 0 Å². The zero-order valence-electron chi connectivity index (χ0n) is 8.96. The fraction of sp³-hybridized carbons (Fsp3) is 0.364. The van der Waals surface area contributed by atoms with E-state index in [0.29, 0.717) is 6.61 Å². The number of Topliss-reactive ketones (excluding diaryl/α,β-unsaturated/α-hetero) is 1. The highest BCUT2D eigenvalue weighted by atomic mass is 19.3. The third-order valence-electron chi connectivity index (χ3n) is 2.38. The lowest BCUT2D eigenvalue weighted by Crippen LogP contribution is -2.36. The summed E-state index contributed by atoms with van der Waals surface area (Å²) in [7, 11) is 0. The lowest BCUT2D eigenvalue weighted by molar-refractivity contribution is -0.0958. The molecule has 0 bridgehead atoms. The summed E-state index contributed by atoms with van der Waals surface area (Å²) >= 11 is 0. The monoisotopic (exact) mass is 264 g/mol. The Morgan fingerprint density at radius 2 is 1.78 bits per heavy atom. The molecule has 18 heavy (non-hydrogen) atoms. The number of ketones is 1. The van der Waals surface area contributed by atoms with E-state index in [-0.39, 0.29) is 18.1 Å². The summed E-state index contributed by atoms with van der Waals surface area (Å²) < 4.78 is 60.1. The first-order chi connectivity index (χ1) is 8.43. The summed E-state index contributed by atoms with van der Waals surface area (Å²) in [6.07, 6.45) is -4.04. The van der Waals surface area contributed by atoms with Gasteiger partial charge in [0.2, 0.25) is 5.78 Å². The molecule has 0 saturated carbocycles. The fourth-order valence-electron chi connectivity index (χ4n) is 1.48. The van der Waals surface area contributed by atoms with E-state index >= 15 is 0 Å². The van der Waals surface area contributed by atoms with Crippen LogP contribution in [0.15, 0.2) is 18.2 Å². The molecule has 7 heteroatoms. The van der Waals surface area contributed by atoms with Crippen LogP contribution in [0.4, 0.5) is 17.6 Å². The van der Waals surface area contributed by atoms with Crippen molar-refractivity contribution < 1.29 is 31.8 Å². The molecule has 0 atom stereocenters. The van der Waals surface area contributed by atoms with E-state index < -0.39 is 23.7 Å². The second-order valence-electron chi connectivity index (χ2n) is 3.61. The van der Waals surface area contributed by atoms with Crippen LogP contribution in [0.1, 0.15) is 10.4 Å². The molecule has 0 spiro atoms. The molecule has 0 aromatic heterocycles. The van der Waals surface area contributed by atoms with Crippen molar-refractivity contribution in [3.05, 3.63) is 23.8 Å². The summed E-state index contributed by atoms with van der Waals surface area (Å²) in [5, 5.41) is 0. The number of carbonyl (C=O) groups excluding carboxylic acids is 1. The van der Waals surface area contributed by atoms with Crippen molar-refractivity contribution >= 4 is 5.78 Å². The Bertz CT molecular complexity index is 473. The quantitative estimate of drug-likeness (QED) is 0.621. The third-order valence-corrected chi connectivity index (χ3v) is 2.38. The molecule has 0 aliphatic carbocycles. The molecule has 2 rings (SSSR count). The molecule has 1 aromatic carbocycles. The van der Waals surface area contributed by atoms with E-state index in [1.807, 2.05) is 0 Å². The molecular formula is C11H8F4O3. The zero-order chi connectivity index (χ0) is 13.3. The highest BCUT2D eigenvalue weighted by molar-refractivity contribution is 6.02. The van der Waals surface area contributed by atoms with Crippen molar-refractivity contribution in [2.24, 2.45) is 0 Å². The molecule has 0 amide bonds. The van der Waals surface area contributed by atoms with E-state index in [2.05, 4.69) is 0 Å². The number of rotatable bonds is 3. The molecule has 0 radical (unpaired) electrons. The molecule has 1 aliphatic heterocycles. The second kappa shape index (κ2) is 4.47. The number of benzene rings is 1. The van der Waals surface area contributed by atoms with Gasteiger partial charge in [0.1, 0.15) is 13.2 Å². The number of alkyl halides is 4. The van der Waals surface area contributed by atoms with Gasteiger partial charge in [0, 0.05) is 5.56 Å². The van der Waals surface area contributed by atoms with Crippen LogP contribution < -0.4 is 9.47 Å². The minimum absolute atomic E-state index is 0.0946. The van der Waals surface area contributed by atoms with Crippen molar-refractivity contribution in [1.29, 1.82) is 0 Å². The Kier molecular flexibility index (Phi) is 3.14. The minimum atomic E-state index is -4.70. The fourth-order valence-corrected chi connectivity index (χ4v) is 1.48. The Morgan fingerprint density at radius 3 is 2.39 bits per heavy atom. The SMILES string of the molecule is O=C(c1ccc2c(c1)OCCO2)C(F)(F)C(F)F. The third kappa shape index (κ3) is 2.12. The first kappa shape index (κ1) is 12.7. The predicted molar refractivity (Wildman–Crippen MR) is 52.7 cm³/mol. The van der Waals surface area contributed by atoms with Crippen LogP contribution >= 0.6 is 0 Å². The number of carbonyl (C=O) groups is 1. The number of hydrogen-bond donors (Lipinski definition) is 0. The molecule has 0 unspecified atom stereocenters. The largest absolute Gasteiger partial charge is 0.486 e. The number of halogens is 4. The van der Waals surface area contributed by atoms with Crippen molar-refractivity contribution in [2.75, 3.05) is 13.2 Å². The second-order valence-corrected chi connectivity index (χ2v) is 3.61. The molecule has 3 nitrogen and oxygen atoms in total. The van der Waals surface area contributed by atoms with Crippen LogP contribution in [0, 0.1) is 0 Å². The van der Waals surface area contributed by atoms with Gasteiger partial charge in [-0.05, 0) is 18.2 Å². The normalized spacial score (nSPS) is 14.7. The summed E-state index contributed by atoms with van der Waals surface area (Å²) in [6, 6.07) is 3.22. The predicted octanol–water partition coefficient (Wildman–Crippen LogP) is 2.54. The zero-order valence-corrected chi connectivity index (χ0v) is 8.96. The average molecular weight is 264 g/mol. The first-order valence-corrected chi connectivity index (χ1v) is 5.03. The van der Waals surface area contributed by atoms with Crippen LogP contribution in [-0.4, -0.2) is 31.3 Å². The first-order valence-electron chi connectivity index (χ1n) is 5.03. The molecule has 0 saturated heterocycles. The Balaban J connectivity index is 2.32. The molecular weight excluding hydrogens is 256 g/mol. The summed E-state index contributed by atoms with van der Waals surface area (Å²) in [6.45, 7) is 0.503. The summed E-state index contributed by atoms with van der Waals surface area (Å²) in [5.41, 5.74) is -0.537. The van der Waals surface area contributed by atoms with E-state index in [1.165, 1.54) is 6.07 Å². The van der Waals surface area contributed by atoms with Gasteiger partial charge in [-0.1, -0.05) is 0 Å². The van der Waals surface area contributed by atoms with Crippen LogP contribution in [0.5, 0.6) is 11.5 Å². The van der Waals surface area contributed by atoms with Gasteiger partial charge >= 0.3 is 12.3 Å². The van der Waals surface area contributed by atoms with E-state index in [0.717, 1.165) is 12.1 Å². The minimum Gasteiger partial charge on any atom is -0.486 e. The van der Waals surface area contributed by atoms with Crippen LogP contribution in [0.3, 0.4) is 0 Å². The summed E-state index contributed by atoms with van der Waals surface area (Å²) in [4.78, 5) is 11.3. The Hall–Kier alpha value is -1.79. The average Bonchev–Trinajstić information content (AvgIpc) is 2.37. The summed E-state index contributed by atoms with van der Waals surface area (Å²) in [5.74, 6) is -6.26. The van der Waals surface area contributed by atoms with Gasteiger partial charge in [0.15, 0.2) is 11.5 Å². The number of hydrogen-bond acceptors (Lipinski definition) is 3. The van der Waals surface area contributed by atoms with Gasteiger partial charge < -0.3 is 9.47 Å². The molecule has 0 fully saturated rings. The molecule has 1 aliphatic rings. The van der Waals surface area contributed by atoms with Crippen molar-refractivity contribution in [3.63, 3.8) is 0 Å². The van der Waals surface area contributed by atoms with Crippen LogP contribution in [-0.2, 0) is 0 Å². The maximum Gasteiger partial charge on any atom is 0.368 e. The van der Waals surface area contributed by atoms with Crippen LogP contribution in [0.2, 0.25) is 0 Å². The van der Waals surface area contributed by atoms with Crippen LogP contribution in [0.25, 0.3) is 0 Å². The lowest BCUT2D eigenvalue weighted by Gasteiger charge is -2.19. The lowest BCUT2D eigenvalue weighted by atomic mass is 10.0. The van der Waals surface area contributed by atoms with Gasteiger partial charge in [0.25, 0.3) is 0 Å². The molecule has 0 N–H and O–H groups in total. The molecule has 1 heterocycles. The molecule has 1 aromatic rings. The van der Waals surface area contributed by atoms with Crippen molar-refractivity contribution in [3.8, 4) is 11.5 Å². The maximum absolute atomic E-state index is 12.9. The Labute approximate surface area is 99.3 Å².